The van der Waals surface area contributed by atoms with E-state index in [1.54, 1.807) is 26.0 Å². The summed E-state index contributed by atoms with van der Waals surface area (Å²) in [7, 11) is 0. The summed E-state index contributed by atoms with van der Waals surface area (Å²) in [5.74, 6) is 0.126. The van der Waals surface area contributed by atoms with Crippen molar-refractivity contribution < 1.29 is 9.50 Å². The van der Waals surface area contributed by atoms with E-state index in [1.165, 1.54) is 6.07 Å². The highest BCUT2D eigenvalue weighted by molar-refractivity contribution is 5.27. The molecule has 1 aromatic carbocycles. The van der Waals surface area contributed by atoms with Gasteiger partial charge in [-0.3, -0.25) is 0 Å². The standard InChI is InChI=1S/C13H19FO/c1-9(2)8-13(4,15)11-6-5-10(3)12(14)7-11/h5-7,9,15H,8H2,1-4H3. The molecule has 0 radical (unpaired) electrons. The molecule has 1 unspecified atom stereocenters. The van der Waals surface area contributed by atoms with Gasteiger partial charge in [-0.25, -0.2) is 4.39 Å². The zero-order chi connectivity index (χ0) is 11.6. The molecule has 0 aliphatic heterocycles. The summed E-state index contributed by atoms with van der Waals surface area (Å²) >= 11 is 0. The van der Waals surface area contributed by atoms with Crippen molar-refractivity contribution in [2.45, 2.75) is 39.7 Å². The molecule has 0 aliphatic rings. The normalized spacial score (nSPS) is 15.4. The Morgan fingerprint density at radius 1 is 1.40 bits per heavy atom. The van der Waals surface area contributed by atoms with Gasteiger partial charge in [0.25, 0.3) is 0 Å². The molecular formula is C13H19FO. The summed E-state index contributed by atoms with van der Waals surface area (Å²) < 4.78 is 13.3. The van der Waals surface area contributed by atoms with E-state index in [9.17, 15) is 9.50 Å². The predicted octanol–water partition coefficient (Wildman–Crippen LogP) is 3.39. The zero-order valence-electron chi connectivity index (χ0n) is 9.84. The molecule has 1 nitrogen and oxygen atoms in total. The van der Waals surface area contributed by atoms with E-state index in [-0.39, 0.29) is 5.82 Å². The fraction of sp³-hybridized carbons (Fsp3) is 0.538. The van der Waals surface area contributed by atoms with Crippen molar-refractivity contribution in [1.82, 2.24) is 0 Å². The van der Waals surface area contributed by atoms with Crippen LogP contribution in [-0.4, -0.2) is 5.11 Å². The van der Waals surface area contributed by atoms with Crippen molar-refractivity contribution >= 4 is 0 Å². The first-order valence-corrected chi connectivity index (χ1v) is 5.32. The zero-order valence-corrected chi connectivity index (χ0v) is 9.84. The average molecular weight is 210 g/mol. The minimum Gasteiger partial charge on any atom is -0.385 e. The monoisotopic (exact) mass is 210 g/mol. The molecule has 0 fully saturated rings. The van der Waals surface area contributed by atoms with Crippen LogP contribution in [-0.2, 0) is 5.60 Å². The molecule has 0 saturated heterocycles. The Hall–Kier alpha value is -0.890. The Bertz CT molecular complexity index is 342. The SMILES string of the molecule is Cc1ccc(C(C)(O)CC(C)C)cc1F. The summed E-state index contributed by atoms with van der Waals surface area (Å²) in [5.41, 5.74) is 0.321. The molecule has 0 amide bonds. The van der Waals surface area contributed by atoms with E-state index < -0.39 is 5.60 Å². The largest absolute Gasteiger partial charge is 0.385 e. The lowest BCUT2D eigenvalue weighted by Crippen LogP contribution is -2.23. The van der Waals surface area contributed by atoms with E-state index in [4.69, 9.17) is 0 Å². The Labute approximate surface area is 90.9 Å². The molecule has 0 spiro atoms. The highest BCUT2D eigenvalue weighted by Gasteiger charge is 2.24. The van der Waals surface area contributed by atoms with Crippen LogP contribution < -0.4 is 0 Å². The second-order valence-corrected chi connectivity index (χ2v) is 4.84. The van der Waals surface area contributed by atoms with Crippen LogP contribution in [0.15, 0.2) is 18.2 Å². The molecule has 15 heavy (non-hydrogen) atoms. The molecule has 84 valence electrons. The van der Waals surface area contributed by atoms with Crippen molar-refractivity contribution in [3.05, 3.63) is 35.1 Å². The number of rotatable bonds is 3. The fourth-order valence-corrected chi connectivity index (χ4v) is 1.84. The minimum absolute atomic E-state index is 0.253. The van der Waals surface area contributed by atoms with Crippen LogP contribution in [0.25, 0.3) is 0 Å². The van der Waals surface area contributed by atoms with Gasteiger partial charge in [0, 0.05) is 0 Å². The lowest BCUT2D eigenvalue weighted by Gasteiger charge is -2.26. The van der Waals surface area contributed by atoms with Crippen LogP contribution in [0.3, 0.4) is 0 Å². The number of hydrogen-bond acceptors (Lipinski definition) is 1. The van der Waals surface area contributed by atoms with Crippen molar-refractivity contribution in [2.75, 3.05) is 0 Å². The van der Waals surface area contributed by atoms with Crippen LogP contribution in [0.4, 0.5) is 4.39 Å². The smallest absolute Gasteiger partial charge is 0.126 e. The maximum atomic E-state index is 13.3. The number of aliphatic hydroxyl groups is 1. The van der Waals surface area contributed by atoms with Crippen molar-refractivity contribution in [3.8, 4) is 0 Å². The van der Waals surface area contributed by atoms with Gasteiger partial charge in [0.2, 0.25) is 0 Å². The predicted molar refractivity (Wildman–Crippen MR) is 60.2 cm³/mol. The molecule has 0 saturated carbocycles. The van der Waals surface area contributed by atoms with Crippen LogP contribution in [0.2, 0.25) is 0 Å². The Morgan fingerprint density at radius 2 is 2.00 bits per heavy atom. The molecule has 0 bridgehead atoms. The molecular weight excluding hydrogens is 191 g/mol. The molecule has 1 aromatic rings. The van der Waals surface area contributed by atoms with Gasteiger partial charge in [-0.05, 0) is 43.4 Å². The first kappa shape index (κ1) is 12.2. The van der Waals surface area contributed by atoms with E-state index in [2.05, 4.69) is 0 Å². The number of hydrogen-bond donors (Lipinski definition) is 1. The Balaban J connectivity index is 2.99. The average Bonchev–Trinajstić information content (AvgIpc) is 2.07. The summed E-state index contributed by atoms with van der Waals surface area (Å²) in [5, 5.41) is 10.2. The van der Waals surface area contributed by atoms with Gasteiger partial charge in [-0.1, -0.05) is 26.0 Å². The number of benzene rings is 1. The molecule has 0 aliphatic carbocycles. The lowest BCUT2D eigenvalue weighted by molar-refractivity contribution is 0.0345. The van der Waals surface area contributed by atoms with Crippen LogP contribution in [0.1, 0.15) is 38.3 Å². The van der Waals surface area contributed by atoms with Gasteiger partial charge >= 0.3 is 0 Å². The summed E-state index contributed by atoms with van der Waals surface area (Å²) in [6, 6.07) is 4.93. The first-order valence-electron chi connectivity index (χ1n) is 5.32. The minimum atomic E-state index is -0.942. The maximum absolute atomic E-state index is 13.3. The molecule has 1 N–H and O–H groups in total. The van der Waals surface area contributed by atoms with Gasteiger partial charge in [-0.15, -0.1) is 0 Å². The summed E-state index contributed by atoms with van der Waals surface area (Å²) in [4.78, 5) is 0. The van der Waals surface area contributed by atoms with Crippen LogP contribution >= 0.6 is 0 Å². The number of halogens is 1. The van der Waals surface area contributed by atoms with Crippen molar-refractivity contribution in [2.24, 2.45) is 5.92 Å². The summed E-state index contributed by atoms with van der Waals surface area (Å²) in [6.07, 6.45) is 0.634. The highest BCUT2D eigenvalue weighted by Crippen LogP contribution is 2.28. The van der Waals surface area contributed by atoms with Crippen molar-refractivity contribution in [1.29, 1.82) is 0 Å². The summed E-state index contributed by atoms with van der Waals surface area (Å²) in [6.45, 7) is 7.53. The topological polar surface area (TPSA) is 20.2 Å². The first-order chi connectivity index (χ1) is 6.83. The van der Waals surface area contributed by atoms with Gasteiger partial charge in [0.05, 0.1) is 5.60 Å². The van der Waals surface area contributed by atoms with Crippen LogP contribution in [0, 0.1) is 18.7 Å². The Morgan fingerprint density at radius 3 is 2.47 bits per heavy atom. The quantitative estimate of drug-likeness (QED) is 0.810. The maximum Gasteiger partial charge on any atom is 0.126 e. The molecule has 2 heteroatoms. The second kappa shape index (κ2) is 4.31. The Kier molecular flexibility index (Phi) is 3.50. The lowest BCUT2D eigenvalue weighted by atomic mass is 9.87. The third-order valence-electron chi connectivity index (χ3n) is 2.60. The molecule has 0 aromatic heterocycles. The van der Waals surface area contributed by atoms with Gasteiger partial charge < -0.3 is 5.11 Å². The van der Waals surface area contributed by atoms with E-state index in [0.717, 1.165) is 0 Å². The molecule has 0 heterocycles. The number of aryl methyl sites for hydroxylation is 1. The van der Waals surface area contributed by atoms with Gasteiger partial charge in [0.1, 0.15) is 5.82 Å². The molecule has 1 rings (SSSR count). The van der Waals surface area contributed by atoms with Crippen molar-refractivity contribution in [3.63, 3.8) is 0 Å². The highest BCUT2D eigenvalue weighted by atomic mass is 19.1. The second-order valence-electron chi connectivity index (χ2n) is 4.84. The third-order valence-corrected chi connectivity index (χ3v) is 2.60. The van der Waals surface area contributed by atoms with E-state index in [0.29, 0.717) is 23.5 Å². The van der Waals surface area contributed by atoms with Gasteiger partial charge in [0.15, 0.2) is 0 Å². The van der Waals surface area contributed by atoms with E-state index >= 15 is 0 Å². The fourth-order valence-electron chi connectivity index (χ4n) is 1.84. The third kappa shape index (κ3) is 3.03. The van der Waals surface area contributed by atoms with Crippen LogP contribution in [0.5, 0.6) is 0 Å². The van der Waals surface area contributed by atoms with Gasteiger partial charge in [-0.2, -0.15) is 0 Å². The van der Waals surface area contributed by atoms with E-state index in [1.807, 2.05) is 13.8 Å². The molecule has 1 atom stereocenters.